The molecular weight excluding hydrogens is 144 g/mol. The Morgan fingerprint density at radius 1 is 1.00 bits per heavy atom. The fourth-order valence-electron chi connectivity index (χ4n) is 0.989. The second kappa shape index (κ2) is 2.86. The van der Waals surface area contributed by atoms with Gasteiger partial charge >= 0.3 is 0 Å². The highest BCUT2D eigenvalue weighted by Gasteiger charge is 2.15. The lowest BCUT2D eigenvalue weighted by Gasteiger charge is -1.87. The molecule has 0 aliphatic rings. The summed E-state index contributed by atoms with van der Waals surface area (Å²) in [5.74, 6) is 0.701. The van der Waals surface area contributed by atoms with Crippen molar-refractivity contribution >= 4 is 0 Å². The molecule has 1 aromatic heterocycles. The summed E-state index contributed by atoms with van der Waals surface area (Å²) in [4.78, 5) is 0. The lowest BCUT2D eigenvalue weighted by molar-refractivity contribution is 0.401. The summed E-state index contributed by atoms with van der Waals surface area (Å²) < 4.78 is 5.14. The van der Waals surface area contributed by atoms with E-state index in [-0.39, 0.29) is 11.5 Å². The Morgan fingerprint density at radius 3 is 1.55 bits per heavy atom. The van der Waals surface area contributed by atoms with Gasteiger partial charge in [-0.15, -0.1) is 0 Å². The molecule has 0 fully saturated rings. The zero-order chi connectivity index (χ0) is 8.43. The third-order valence-corrected chi connectivity index (χ3v) is 1.64. The highest BCUT2D eigenvalue weighted by molar-refractivity contribution is 5.43. The average Bonchev–Trinajstić information content (AvgIpc) is 2.30. The molecular formula is C8H12O3. The largest absolute Gasteiger partial charge is 0.502 e. The summed E-state index contributed by atoms with van der Waals surface area (Å²) in [6.07, 6.45) is 1.19. The van der Waals surface area contributed by atoms with E-state index in [2.05, 4.69) is 0 Å². The van der Waals surface area contributed by atoms with E-state index >= 15 is 0 Å². The number of rotatable bonds is 2. The van der Waals surface area contributed by atoms with Gasteiger partial charge in [0.05, 0.1) is 0 Å². The van der Waals surface area contributed by atoms with Crippen molar-refractivity contribution in [3.63, 3.8) is 0 Å². The highest BCUT2D eigenvalue weighted by Crippen LogP contribution is 2.35. The monoisotopic (exact) mass is 156 g/mol. The molecule has 0 radical (unpaired) electrons. The first-order valence-corrected chi connectivity index (χ1v) is 3.73. The molecule has 0 saturated carbocycles. The molecule has 0 atom stereocenters. The van der Waals surface area contributed by atoms with E-state index in [1.54, 1.807) is 0 Å². The minimum Gasteiger partial charge on any atom is -0.502 e. The maximum Gasteiger partial charge on any atom is 0.200 e. The van der Waals surface area contributed by atoms with Crippen molar-refractivity contribution in [1.29, 1.82) is 0 Å². The van der Waals surface area contributed by atoms with Crippen LogP contribution in [0.25, 0.3) is 0 Å². The van der Waals surface area contributed by atoms with Crippen LogP contribution in [0.2, 0.25) is 0 Å². The summed E-state index contributed by atoms with van der Waals surface area (Å²) >= 11 is 0. The topological polar surface area (TPSA) is 53.6 Å². The van der Waals surface area contributed by atoms with E-state index < -0.39 is 0 Å². The molecule has 1 aromatic rings. The molecule has 0 spiro atoms. The van der Waals surface area contributed by atoms with Crippen LogP contribution in [0.1, 0.15) is 25.4 Å². The van der Waals surface area contributed by atoms with Gasteiger partial charge in [-0.05, 0) is 0 Å². The SMILES string of the molecule is CCc1oc(CC)c(O)c1O. The number of aromatic hydroxyl groups is 2. The Balaban J connectivity index is 3.12. The van der Waals surface area contributed by atoms with Crippen LogP contribution in [-0.2, 0) is 12.8 Å². The molecule has 0 bridgehead atoms. The van der Waals surface area contributed by atoms with E-state index in [1.165, 1.54) is 0 Å². The lowest BCUT2D eigenvalue weighted by atomic mass is 10.3. The standard InChI is InChI=1S/C8H12O3/c1-3-5-7(9)8(10)6(4-2)11-5/h9-10H,3-4H2,1-2H3. The Bertz CT molecular complexity index is 226. The first kappa shape index (κ1) is 7.98. The van der Waals surface area contributed by atoms with E-state index in [9.17, 15) is 10.2 Å². The van der Waals surface area contributed by atoms with E-state index in [0.29, 0.717) is 24.4 Å². The smallest absolute Gasteiger partial charge is 0.200 e. The average molecular weight is 156 g/mol. The molecule has 0 aliphatic carbocycles. The molecule has 3 nitrogen and oxygen atoms in total. The van der Waals surface area contributed by atoms with Gasteiger partial charge in [-0.3, -0.25) is 0 Å². The molecule has 1 rings (SSSR count). The third kappa shape index (κ3) is 1.18. The second-order valence-electron chi connectivity index (χ2n) is 2.35. The van der Waals surface area contributed by atoms with Crippen molar-refractivity contribution in [2.45, 2.75) is 26.7 Å². The van der Waals surface area contributed by atoms with Crippen LogP contribution >= 0.6 is 0 Å². The summed E-state index contributed by atoms with van der Waals surface area (Å²) in [6.45, 7) is 3.72. The fourth-order valence-corrected chi connectivity index (χ4v) is 0.989. The molecule has 1 heterocycles. The maximum atomic E-state index is 9.21. The van der Waals surface area contributed by atoms with E-state index in [1.807, 2.05) is 13.8 Å². The van der Waals surface area contributed by atoms with Crippen LogP contribution in [0.15, 0.2) is 4.42 Å². The van der Waals surface area contributed by atoms with Crippen LogP contribution in [0.4, 0.5) is 0 Å². The molecule has 0 saturated heterocycles. The Kier molecular flexibility index (Phi) is 2.08. The maximum absolute atomic E-state index is 9.21. The third-order valence-electron chi connectivity index (χ3n) is 1.64. The van der Waals surface area contributed by atoms with Gasteiger partial charge in [-0.25, -0.2) is 0 Å². The number of aryl methyl sites for hydroxylation is 2. The van der Waals surface area contributed by atoms with Gasteiger partial charge in [-0.2, -0.15) is 0 Å². The fraction of sp³-hybridized carbons (Fsp3) is 0.500. The van der Waals surface area contributed by atoms with Gasteiger partial charge in [0.15, 0.2) is 11.5 Å². The van der Waals surface area contributed by atoms with Crippen LogP contribution in [0, 0.1) is 0 Å². The van der Waals surface area contributed by atoms with Crippen molar-refractivity contribution in [1.82, 2.24) is 0 Å². The Morgan fingerprint density at radius 2 is 1.36 bits per heavy atom. The summed E-state index contributed by atoms with van der Waals surface area (Å²) in [5, 5.41) is 18.4. The molecule has 0 aromatic carbocycles. The van der Waals surface area contributed by atoms with Gasteiger partial charge in [0.2, 0.25) is 0 Å². The predicted octanol–water partition coefficient (Wildman–Crippen LogP) is 1.82. The van der Waals surface area contributed by atoms with Crippen LogP contribution in [0.5, 0.6) is 11.5 Å². The van der Waals surface area contributed by atoms with Crippen molar-refractivity contribution in [3.05, 3.63) is 11.5 Å². The Labute approximate surface area is 65.3 Å². The number of hydrogen-bond acceptors (Lipinski definition) is 3. The van der Waals surface area contributed by atoms with E-state index in [4.69, 9.17) is 4.42 Å². The quantitative estimate of drug-likeness (QED) is 0.686. The van der Waals surface area contributed by atoms with Gasteiger partial charge in [0.25, 0.3) is 0 Å². The molecule has 0 aliphatic heterocycles. The minimum atomic E-state index is -0.107. The number of furan rings is 1. The normalized spacial score (nSPS) is 10.4. The molecule has 62 valence electrons. The van der Waals surface area contributed by atoms with Crippen molar-refractivity contribution in [3.8, 4) is 11.5 Å². The number of hydrogen-bond donors (Lipinski definition) is 2. The van der Waals surface area contributed by atoms with Crippen LogP contribution < -0.4 is 0 Å². The van der Waals surface area contributed by atoms with Gasteiger partial charge in [-0.1, -0.05) is 13.8 Å². The first-order valence-electron chi connectivity index (χ1n) is 3.73. The van der Waals surface area contributed by atoms with Gasteiger partial charge < -0.3 is 14.6 Å². The summed E-state index contributed by atoms with van der Waals surface area (Å²) in [7, 11) is 0. The van der Waals surface area contributed by atoms with Crippen molar-refractivity contribution < 1.29 is 14.6 Å². The van der Waals surface area contributed by atoms with Gasteiger partial charge in [0, 0.05) is 12.8 Å². The summed E-state index contributed by atoms with van der Waals surface area (Å²) in [5.41, 5.74) is 0. The van der Waals surface area contributed by atoms with Crippen molar-refractivity contribution in [2.75, 3.05) is 0 Å². The zero-order valence-electron chi connectivity index (χ0n) is 6.72. The molecule has 0 unspecified atom stereocenters. The summed E-state index contributed by atoms with van der Waals surface area (Å²) in [6, 6.07) is 0. The molecule has 3 heteroatoms. The van der Waals surface area contributed by atoms with E-state index in [0.717, 1.165) is 0 Å². The highest BCUT2D eigenvalue weighted by atomic mass is 16.4. The van der Waals surface area contributed by atoms with Gasteiger partial charge in [0.1, 0.15) is 11.5 Å². The molecule has 11 heavy (non-hydrogen) atoms. The predicted molar refractivity (Wildman–Crippen MR) is 40.8 cm³/mol. The zero-order valence-corrected chi connectivity index (χ0v) is 6.72. The molecule has 2 N–H and O–H groups in total. The minimum absolute atomic E-state index is 0.107. The Hall–Kier alpha value is -1.12. The first-order chi connectivity index (χ1) is 5.20. The van der Waals surface area contributed by atoms with Crippen LogP contribution in [-0.4, -0.2) is 10.2 Å². The van der Waals surface area contributed by atoms with Crippen molar-refractivity contribution in [2.24, 2.45) is 0 Å². The molecule has 0 amide bonds. The lowest BCUT2D eigenvalue weighted by Crippen LogP contribution is -1.73. The second-order valence-corrected chi connectivity index (χ2v) is 2.35. The van der Waals surface area contributed by atoms with Crippen LogP contribution in [0.3, 0.4) is 0 Å².